The van der Waals surface area contributed by atoms with Crippen molar-refractivity contribution in [2.45, 2.75) is 30.9 Å². The molecule has 3 nitrogen and oxygen atoms in total. The molecule has 2 unspecified atom stereocenters. The normalized spacial score (nSPS) is 30.7. The van der Waals surface area contributed by atoms with Gasteiger partial charge in [-0.25, -0.2) is 0 Å². The zero-order chi connectivity index (χ0) is 12.6. The summed E-state index contributed by atoms with van der Waals surface area (Å²) in [4.78, 5) is 0. The highest BCUT2D eigenvalue weighted by molar-refractivity contribution is 9.10. The number of rotatable bonds is 3. The van der Waals surface area contributed by atoms with Crippen molar-refractivity contribution in [2.75, 3.05) is 19.8 Å². The van der Waals surface area contributed by atoms with Crippen LogP contribution in [0.2, 0.25) is 0 Å². The van der Waals surface area contributed by atoms with Crippen molar-refractivity contribution in [3.63, 3.8) is 0 Å². The topological polar surface area (TPSA) is 41.5 Å². The van der Waals surface area contributed by atoms with Crippen molar-refractivity contribution >= 4 is 15.9 Å². The highest BCUT2D eigenvalue weighted by Gasteiger charge is 2.33. The van der Waals surface area contributed by atoms with Gasteiger partial charge in [-0.15, -0.1) is 0 Å². The van der Waals surface area contributed by atoms with E-state index >= 15 is 0 Å². The fourth-order valence-corrected chi connectivity index (χ4v) is 3.26. The summed E-state index contributed by atoms with van der Waals surface area (Å²) >= 11 is 3.51. The van der Waals surface area contributed by atoms with Gasteiger partial charge in [-0.3, -0.25) is 0 Å². The summed E-state index contributed by atoms with van der Waals surface area (Å²) in [5, 5.41) is 13.7. The molecule has 1 fully saturated rings. The molecule has 18 heavy (non-hydrogen) atoms. The fraction of sp³-hybridized carbons (Fsp3) is 0.571. The predicted molar refractivity (Wildman–Crippen MR) is 73.6 cm³/mol. The lowest BCUT2D eigenvalue weighted by atomic mass is 10.0. The van der Waals surface area contributed by atoms with Crippen LogP contribution in [-0.4, -0.2) is 30.5 Å². The molecule has 4 heteroatoms. The molecule has 1 heterocycles. The molecule has 0 spiro atoms. The van der Waals surface area contributed by atoms with Gasteiger partial charge in [0.1, 0.15) is 5.60 Å². The quantitative estimate of drug-likeness (QED) is 0.899. The molecule has 0 radical (unpaired) electrons. The highest BCUT2D eigenvalue weighted by Crippen LogP contribution is 2.33. The summed E-state index contributed by atoms with van der Waals surface area (Å²) in [6.07, 6.45) is 2.96. The van der Waals surface area contributed by atoms with Gasteiger partial charge in [0.05, 0.1) is 6.61 Å². The van der Waals surface area contributed by atoms with Crippen molar-refractivity contribution in [3.8, 4) is 0 Å². The van der Waals surface area contributed by atoms with Gasteiger partial charge in [-0.2, -0.15) is 0 Å². The minimum atomic E-state index is -0.669. The zero-order valence-electron chi connectivity index (χ0n) is 10.3. The van der Waals surface area contributed by atoms with Crippen molar-refractivity contribution in [3.05, 3.63) is 33.8 Å². The molecule has 0 amide bonds. The number of hydrogen-bond acceptors (Lipinski definition) is 3. The third-order valence-corrected chi connectivity index (χ3v) is 4.44. The second-order valence-electron chi connectivity index (χ2n) is 5.34. The fourth-order valence-electron chi connectivity index (χ4n) is 2.85. The second kappa shape index (κ2) is 4.93. The van der Waals surface area contributed by atoms with Crippen molar-refractivity contribution in [2.24, 2.45) is 0 Å². The maximum Gasteiger partial charge on any atom is 0.103 e. The first-order valence-electron chi connectivity index (χ1n) is 6.48. The molecule has 1 aromatic carbocycles. The van der Waals surface area contributed by atoms with Crippen molar-refractivity contribution < 1.29 is 9.84 Å². The summed E-state index contributed by atoms with van der Waals surface area (Å²) in [6.45, 7) is 1.75. The molecule has 98 valence electrons. The molecular formula is C14H18BrNO2. The molecule has 1 saturated heterocycles. The third kappa shape index (κ3) is 2.48. The first-order chi connectivity index (χ1) is 8.66. The lowest BCUT2D eigenvalue weighted by Gasteiger charge is -2.24. The predicted octanol–water partition coefficient (Wildman–Crippen LogP) is 2.18. The van der Waals surface area contributed by atoms with Crippen LogP contribution < -0.4 is 5.32 Å². The van der Waals surface area contributed by atoms with Crippen molar-refractivity contribution in [1.29, 1.82) is 0 Å². The van der Waals surface area contributed by atoms with Crippen molar-refractivity contribution in [1.82, 2.24) is 5.32 Å². The van der Waals surface area contributed by atoms with E-state index in [4.69, 9.17) is 4.74 Å². The van der Waals surface area contributed by atoms with Gasteiger partial charge in [0, 0.05) is 30.1 Å². The van der Waals surface area contributed by atoms with Crippen LogP contribution in [0.3, 0.4) is 0 Å². The number of aryl methyl sites for hydroxylation is 1. The number of fused-ring (bicyclic) bond motifs is 1. The highest BCUT2D eigenvalue weighted by atomic mass is 79.9. The van der Waals surface area contributed by atoms with E-state index in [2.05, 4.69) is 39.4 Å². The van der Waals surface area contributed by atoms with Crippen LogP contribution in [0.4, 0.5) is 0 Å². The zero-order valence-corrected chi connectivity index (χ0v) is 11.9. The van der Waals surface area contributed by atoms with E-state index in [1.54, 1.807) is 0 Å². The maximum atomic E-state index is 10.2. The Morgan fingerprint density at radius 2 is 2.39 bits per heavy atom. The van der Waals surface area contributed by atoms with Gasteiger partial charge in [0.25, 0.3) is 0 Å². The molecule has 0 saturated carbocycles. The Labute approximate surface area is 116 Å². The third-order valence-electron chi connectivity index (χ3n) is 3.94. The molecule has 2 aliphatic rings. The van der Waals surface area contributed by atoms with Gasteiger partial charge in [-0.05, 0) is 36.1 Å². The first-order valence-corrected chi connectivity index (χ1v) is 7.27. The summed E-state index contributed by atoms with van der Waals surface area (Å²) in [5.74, 6) is 0. The Hall–Kier alpha value is -0.420. The average Bonchev–Trinajstić information content (AvgIpc) is 2.93. The number of nitrogens with one attached hydrogen (secondary N) is 1. The van der Waals surface area contributed by atoms with E-state index in [0.29, 0.717) is 25.8 Å². The molecule has 3 rings (SSSR count). The molecule has 1 aromatic rings. The van der Waals surface area contributed by atoms with Gasteiger partial charge < -0.3 is 15.2 Å². The molecule has 0 bridgehead atoms. The Balaban J connectivity index is 1.66. The Bertz CT molecular complexity index is 443. The van der Waals surface area contributed by atoms with Gasteiger partial charge in [-0.1, -0.05) is 22.0 Å². The summed E-state index contributed by atoms with van der Waals surface area (Å²) in [5.41, 5.74) is 2.12. The van der Waals surface area contributed by atoms with E-state index in [1.807, 2.05) is 0 Å². The van der Waals surface area contributed by atoms with Gasteiger partial charge in [0.15, 0.2) is 0 Å². The van der Waals surface area contributed by atoms with Crippen LogP contribution in [0.25, 0.3) is 0 Å². The standard InChI is InChI=1S/C14H18BrNO2/c15-11-2-3-12-10(7-11)1-4-13(12)16-8-14(17)5-6-18-9-14/h2-3,7,13,16-17H,1,4-6,8-9H2. The number of aliphatic hydroxyl groups is 1. The maximum absolute atomic E-state index is 10.2. The Morgan fingerprint density at radius 3 is 3.17 bits per heavy atom. The summed E-state index contributed by atoms with van der Waals surface area (Å²) < 4.78 is 6.41. The Kier molecular flexibility index (Phi) is 3.45. The average molecular weight is 312 g/mol. The van der Waals surface area contributed by atoms with Gasteiger partial charge in [0.2, 0.25) is 0 Å². The van der Waals surface area contributed by atoms with Gasteiger partial charge >= 0.3 is 0 Å². The van der Waals surface area contributed by atoms with E-state index in [9.17, 15) is 5.11 Å². The molecule has 1 aliphatic heterocycles. The number of benzene rings is 1. The molecule has 0 aromatic heterocycles. The SMILES string of the molecule is OC1(CNC2CCc3cc(Br)ccc32)CCOC1. The van der Waals surface area contributed by atoms with Crippen LogP contribution in [0.15, 0.2) is 22.7 Å². The Morgan fingerprint density at radius 1 is 1.50 bits per heavy atom. The van der Waals surface area contributed by atoms with Crippen LogP contribution in [0.1, 0.15) is 30.0 Å². The van der Waals surface area contributed by atoms with E-state index in [0.717, 1.165) is 23.7 Å². The second-order valence-corrected chi connectivity index (χ2v) is 6.26. The molecule has 1 aliphatic carbocycles. The molecular weight excluding hydrogens is 294 g/mol. The minimum Gasteiger partial charge on any atom is -0.386 e. The lowest BCUT2D eigenvalue weighted by Crippen LogP contribution is -2.42. The van der Waals surface area contributed by atoms with Crippen LogP contribution in [0.5, 0.6) is 0 Å². The van der Waals surface area contributed by atoms with Crippen LogP contribution >= 0.6 is 15.9 Å². The van der Waals surface area contributed by atoms with E-state index in [1.165, 1.54) is 11.1 Å². The number of hydrogen-bond donors (Lipinski definition) is 2. The largest absolute Gasteiger partial charge is 0.386 e. The number of ether oxygens (including phenoxy) is 1. The minimum absolute atomic E-state index is 0.373. The first kappa shape index (κ1) is 12.6. The smallest absolute Gasteiger partial charge is 0.103 e. The van der Waals surface area contributed by atoms with Crippen LogP contribution in [0, 0.1) is 0 Å². The summed E-state index contributed by atoms with van der Waals surface area (Å²) in [7, 11) is 0. The monoisotopic (exact) mass is 311 g/mol. The lowest BCUT2D eigenvalue weighted by molar-refractivity contribution is 0.0248. The molecule has 2 N–H and O–H groups in total. The summed E-state index contributed by atoms with van der Waals surface area (Å²) in [6, 6.07) is 6.84. The molecule has 2 atom stereocenters. The van der Waals surface area contributed by atoms with E-state index < -0.39 is 5.60 Å². The van der Waals surface area contributed by atoms with Crippen LogP contribution in [-0.2, 0) is 11.2 Å². The number of halogens is 1. The van der Waals surface area contributed by atoms with E-state index in [-0.39, 0.29) is 0 Å².